The number of nitrogens with one attached hydrogen (secondary N) is 3. The van der Waals surface area contributed by atoms with Gasteiger partial charge in [0.05, 0.1) is 23.5 Å². The van der Waals surface area contributed by atoms with E-state index in [0.717, 1.165) is 5.56 Å². The van der Waals surface area contributed by atoms with E-state index in [0.29, 0.717) is 18.0 Å². The fourth-order valence-corrected chi connectivity index (χ4v) is 6.05. The van der Waals surface area contributed by atoms with Crippen molar-refractivity contribution >= 4 is 29.0 Å². The number of aromatic nitrogens is 6. The number of carbonyl (C=O) groups excluding carboxylic acids is 1. The molecule has 6 rings (SSSR count). The molecule has 1 amide bonds. The second kappa shape index (κ2) is 8.21. The molecule has 0 radical (unpaired) electrons. The highest BCUT2D eigenvalue weighted by molar-refractivity contribution is 6.21. The molecule has 10 nitrogen and oxygen atoms in total. The molecule has 1 saturated heterocycles. The topological polar surface area (TPSA) is 114 Å². The first-order valence-corrected chi connectivity index (χ1v) is 11.8. The smallest absolute Gasteiger partial charge is 0.231 e. The SMILES string of the molecule is C[C@@H](C1C(F)C(Cl)C(c2ccc3nc(NC(=O)[C@@H]4C[C@@H]4F)cn3c2)C2CNNC21)n1cnnn1. The third-order valence-electron chi connectivity index (χ3n) is 7.46. The molecule has 3 aliphatic rings. The number of halogens is 3. The normalized spacial score (nSPS) is 35.8. The van der Waals surface area contributed by atoms with Crippen LogP contribution in [0.1, 0.15) is 30.9 Å². The number of nitrogens with zero attached hydrogens (tertiary/aromatic N) is 6. The monoisotopic (exact) mass is 491 g/mol. The molecule has 13 heteroatoms. The van der Waals surface area contributed by atoms with E-state index in [2.05, 4.69) is 36.7 Å². The van der Waals surface area contributed by atoms with Crippen molar-refractivity contribution in [1.82, 2.24) is 40.4 Å². The Kier molecular flexibility index (Phi) is 5.26. The number of hydrazine groups is 1. The third-order valence-corrected chi connectivity index (χ3v) is 7.97. The summed E-state index contributed by atoms with van der Waals surface area (Å²) < 4.78 is 32.4. The molecule has 0 bridgehead atoms. The number of rotatable bonds is 5. The van der Waals surface area contributed by atoms with E-state index in [1.807, 2.05) is 25.3 Å². The van der Waals surface area contributed by atoms with E-state index in [9.17, 15) is 9.18 Å². The number of fused-ring (bicyclic) bond motifs is 2. The van der Waals surface area contributed by atoms with Crippen molar-refractivity contribution in [1.29, 1.82) is 0 Å². The van der Waals surface area contributed by atoms with Crippen LogP contribution in [-0.2, 0) is 4.79 Å². The predicted octanol–water partition coefficient (Wildman–Crippen LogP) is 1.63. The average molecular weight is 492 g/mol. The van der Waals surface area contributed by atoms with E-state index >= 15 is 4.39 Å². The summed E-state index contributed by atoms with van der Waals surface area (Å²) in [7, 11) is 0. The van der Waals surface area contributed by atoms with Crippen LogP contribution in [0, 0.1) is 17.8 Å². The van der Waals surface area contributed by atoms with Gasteiger partial charge in [-0.05, 0) is 41.3 Å². The fourth-order valence-electron chi connectivity index (χ4n) is 5.55. The van der Waals surface area contributed by atoms with Crippen molar-refractivity contribution in [2.45, 2.75) is 49.1 Å². The van der Waals surface area contributed by atoms with Crippen LogP contribution in [0.4, 0.5) is 14.6 Å². The first kappa shape index (κ1) is 21.8. The van der Waals surface area contributed by atoms with Crippen LogP contribution in [0.5, 0.6) is 0 Å². The molecule has 34 heavy (non-hydrogen) atoms. The molecule has 3 N–H and O–H groups in total. The van der Waals surface area contributed by atoms with Crippen LogP contribution in [0.2, 0.25) is 0 Å². The standard InChI is InChI=1S/C21H24ClF2N9O/c1-9(33-8-26-30-31-33)16-19(24)18(22)17(12-5-25-29-20(12)16)10-2-3-15-27-14(7-32(15)6-10)28-21(34)11-4-13(11)23/h2-3,6-9,11-13,16-20,25,29H,4-5H2,1H3,(H,28,34)/t9-,11+,12?,13-,16?,17?,18?,19?,20?/m0/s1. The van der Waals surface area contributed by atoms with Gasteiger partial charge in [0.2, 0.25) is 5.91 Å². The van der Waals surface area contributed by atoms with E-state index in [-0.39, 0.29) is 36.2 Å². The van der Waals surface area contributed by atoms with Crippen molar-refractivity contribution < 1.29 is 13.6 Å². The molecule has 2 saturated carbocycles. The summed E-state index contributed by atoms with van der Waals surface area (Å²) in [6.07, 6.45) is 2.92. The van der Waals surface area contributed by atoms with Crippen molar-refractivity contribution in [2.75, 3.05) is 11.9 Å². The lowest BCUT2D eigenvalue weighted by molar-refractivity contribution is -0.117. The highest BCUT2D eigenvalue weighted by Gasteiger charge is 2.54. The summed E-state index contributed by atoms with van der Waals surface area (Å²) in [5.74, 6) is -1.25. The van der Waals surface area contributed by atoms with Gasteiger partial charge in [-0.3, -0.25) is 15.6 Å². The van der Waals surface area contributed by atoms with Crippen LogP contribution in [0.3, 0.4) is 0 Å². The molecular formula is C21H24ClF2N9O. The van der Waals surface area contributed by atoms with Crippen molar-refractivity contribution in [2.24, 2.45) is 17.8 Å². The molecule has 1 aliphatic heterocycles. The van der Waals surface area contributed by atoms with Crippen LogP contribution < -0.4 is 16.2 Å². The molecule has 0 spiro atoms. The summed E-state index contributed by atoms with van der Waals surface area (Å²) in [6.45, 7) is 2.54. The molecule has 3 aromatic heterocycles. The second-order valence-electron chi connectivity index (χ2n) is 9.44. The van der Waals surface area contributed by atoms with Crippen molar-refractivity contribution in [3.63, 3.8) is 0 Å². The van der Waals surface area contributed by atoms with Crippen molar-refractivity contribution in [3.05, 3.63) is 36.4 Å². The number of alkyl halides is 3. The Morgan fingerprint density at radius 1 is 1.32 bits per heavy atom. The summed E-state index contributed by atoms with van der Waals surface area (Å²) >= 11 is 6.81. The minimum Gasteiger partial charge on any atom is -0.309 e. The zero-order valence-electron chi connectivity index (χ0n) is 18.2. The van der Waals surface area contributed by atoms with Gasteiger partial charge in [0.15, 0.2) is 5.82 Å². The molecule has 180 valence electrons. The molecule has 3 fully saturated rings. The fraction of sp³-hybridized carbons (Fsp3) is 0.571. The van der Waals surface area contributed by atoms with E-state index in [1.54, 1.807) is 15.3 Å². The number of anilines is 1. The summed E-state index contributed by atoms with van der Waals surface area (Å²) in [4.78, 5) is 16.5. The second-order valence-corrected chi connectivity index (χ2v) is 9.94. The van der Waals surface area contributed by atoms with Crippen LogP contribution >= 0.6 is 11.6 Å². The lowest BCUT2D eigenvalue weighted by Gasteiger charge is -2.45. The van der Waals surface area contributed by atoms with Crippen LogP contribution in [0.15, 0.2) is 30.9 Å². The Bertz CT molecular complexity index is 1210. The Morgan fingerprint density at radius 3 is 2.88 bits per heavy atom. The molecule has 3 aromatic rings. The van der Waals surface area contributed by atoms with Gasteiger partial charge < -0.3 is 9.72 Å². The zero-order chi connectivity index (χ0) is 23.6. The molecule has 9 atom stereocenters. The highest BCUT2D eigenvalue weighted by Crippen LogP contribution is 2.48. The maximum atomic E-state index is 15.9. The first-order chi connectivity index (χ1) is 16.4. The minimum absolute atomic E-state index is 0.0370. The maximum Gasteiger partial charge on any atom is 0.231 e. The van der Waals surface area contributed by atoms with Crippen LogP contribution in [0.25, 0.3) is 5.65 Å². The van der Waals surface area contributed by atoms with Gasteiger partial charge in [0, 0.05) is 30.6 Å². The van der Waals surface area contributed by atoms with Gasteiger partial charge >= 0.3 is 0 Å². The summed E-state index contributed by atoms with van der Waals surface area (Å²) in [5.41, 5.74) is 7.94. The van der Waals surface area contributed by atoms with Gasteiger partial charge in [-0.2, -0.15) is 0 Å². The van der Waals surface area contributed by atoms with Gasteiger partial charge in [-0.25, -0.2) is 18.4 Å². The first-order valence-electron chi connectivity index (χ1n) is 11.3. The third kappa shape index (κ3) is 3.55. The number of tetrazole rings is 1. The molecule has 0 aromatic carbocycles. The Balaban J connectivity index is 1.28. The number of hydrogen-bond acceptors (Lipinski definition) is 7. The molecule has 2 aliphatic carbocycles. The molecule has 6 unspecified atom stereocenters. The Hall–Kier alpha value is -2.70. The molecule has 4 heterocycles. The summed E-state index contributed by atoms with van der Waals surface area (Å²) in [6, 6.07) is 3.26. The van der Waals surface area contributed by atoms with Crippen molar-refractivity contribution in [3.8, 4) is 0 Å². The number of pyridine rings is 1. The number of hydrogen-bond donors (Lipinski definition) is 3. The lowest BCUT2D eigenvalue weighted by atomic mass is 9.66. The lowest BCUT2D eigenvalue weighted by Crippen LogP contribution is -2.55. The predicted molar refractivity (Wildman–Crippen MR) is 119 cm³/mol. The van der Waals surface area contributed by atoms with Gasteiger partial charge in [0.1, 0.15) is 24.3 Å². The molecular weight excluding hydrogens is 468 g/mol. The number of imidazole rings is 1. The summed E-state index contributed by atoms with van der Waals surface area (Å²) in [5, 5.41) is 13.2. The van der Waals surface area contributed by atoms with Gasteiger partial charge in [-0.1, -0.05) is 6.07 Å². The van der Waals surface area contributed by atoms with Gasteiger partial charge in [0.25, 0.3) is 0 Å². The van der Waals surface area contributed by atoms with E-state index < -0.39 is 29.6 Å². The van der Waals surface area contributed by atoms with E-state index in [1.165, 1.54) is 6.33 Å². The quantitative estimate of drug-likeness (QED) is 0.465. The maximum absolute atomic E-state index is 15.9. The Morgan fingerprint density at radius 2 is 2.15 bits per heavy atom. The zero-order valence-corrected chi connectivity index (χ0v) is 19.0. The largest absolute Gasteiger partial charge is 0.309 e. The minimum atomic E-state index is -1.31. The van der Waals surface area contributed by atoms with Crippen LogP contribution in [-0.4, -0.2) is 65.8 Å². The number of carbonyl (C=O) groups is 1. The average Bonchev–Trinajstić information content (AvgIpc) is 3.26. The van der Waals surface area contributed by atoms with Gasteiger partial charge in [-0.15, -0.1) is 16.7 Å². The number of amides is 1. The van der Waals surface area contributed by atoms with E-state index in [4.69, 9.17) is 11.6 Å². The Labute approximate surface area is 198 Å². The highest BCUT2D eigenvalue weighted by atomic mass is 35.5.